The van der Waals surface area contributed by atoms with Gasteiger partial charge in [-0.3, -0.25) is 9.59 Å². The van der Waals surface area contributed by atoms with Crippen LogP contribution in [0.2, 0.25) is 0 Å². The van der Waals surface area contributed by atoms with Gasteiger partial charge in [-0.25, -0.2) is 0 Å². The Bertz CT molecular complexity index is 927. The summed E-state index contributed by atoms with van der Waals surface area (Å²) in [6.07, 6.45) is 3.11. The van der Waals surface area contributed by atoms with Crippen LogP contribution in [-0.2, 0) is 9.59 Å². The zero-order valence-electron chi connectivity index (χ0n) is 16.6. The van der Waals surface area contributed by atoms with Gasteiger partial charge in [0.05, 0.1) is 24.5 Å². The summed E-state index contributed by atoms with van der Waals surface area (Å²) >= 11 is 0. The van der Waals surface area contributed by atoms with Crippen LogP contribution in [0.3, 0.4) is 0 Å². The first-order valence-corrected chi connectivity index (χ1v) is 9.38. The van der Waals surface area contributed by atoms with Gasteiger partial charge in [0.2, 0.25) is 0 Å². The molecule has 28 heavy (non-hydrogen) atoms. The van der Waals surface area contributed by atoms with Crippen LogP contribution in [0.15, 0.2) is 40.5 Å². The van der Waals surface area contributed by atoms with Gasteiger partial charge in [0.15, 0.2) is 0 Å². The van der Waals surface area contributed by atoms with E-state index in [1.807, 2.05) is 26.8 Å². The Labute approximate surface area is 164 Å². The first-order valence-electron chi connectivity index (χ1n) is 9.38. The lowest BCUT2D eigenvalue weighted by atomic mass is 9.96. The van der Waals surface area contributed by atoms with Gasteiger partial charge < -0.3 is 19.2 Å². The third kappa shape index (κ3) is 3.30. The van der Waals surface area contributed by atoms with Crippen molar-refractivity contribution in [3.05, 3.63) is 58.6 Å². The number of ketones is 1. The molecule has 1 aromatic carbocycles. The summed E-state index contributed by atoms with van der Waals surface area (Å²) in [5.74, 6) is -0.667. The van der Waals surface area contributed by atoms with Crippen LogP contribution >= 0.6 is 0 Å². The zero-order valence-corrected chi connectivity index (χ0v) is 16.6. The Morgan fingerprint density at radius 3 is 2.64 bits per heavy atom. The predicted octanol–water partition coefficient (Wildman–Crippen LogP) is 4.13. The number of benzene rings is 1. The highest BCUT2D eigenvalue weighted by molar-refractivity contribution is 6.46. The van der Waals surface area contributed by atoms with Crippen LogP contribution < -0.4 is 4.74 Å². The zero-order chi connectivity index (χ0) is 20.4. The summed E-state index contributed by atoms with van der Waals surface area (Å²) in [5, 5.41) is 11.1. The van der Waals surface area contributed by atoms with Crippen molar-refractivity contribution in [2.75, 3.05) is 13.7 Å². The number of aryl methyl sites for hydroxylation is 2. The highest BCUT2D eigenvalue weighted by Gasteiger charge is 2.47. The molecule has 0 radical (unpaired) electrons. The minimum absolute atomic E-state index is 0.0272. The molecular formula is C22H25NO5. The van der Waals surface area contributed by atoms with Gasteiger partial charge in [-0.2, -0.15) is 0 Å². The number of hydrogen-bond acceptors (Lipinski definition) is 5. The molecule has 0 aliphatic carbocycles. The summed E-state index contributed by atoms with van der Waals surface area (Å²) in [6.45, 7) is 6.19. The molecular weight excluding hydrogens is 358 g/mol. The molecule has 1 aromatic heterocycles. The number of Topliss-reactive ketones (excluding diaryl/α,β-unsaturated/α-hetero) is 1. The van der Waals surface area contributed by atoms with E-state index in [4.69, 9.17) is 9.15 Å². The minimum Gasteiger partial charge on any atom is -0.507 e. The SMILES string of the molecule is CCCCN1C(=O)C(=O)/C(=C(\O)c2cc(C)cc(C)c2OC)C1c1ccco1. The highest BCUT2D eigenvalue weighted by atomic mass is 16.5. The van der Waals surface area contributed by atoms with Gasteiger partial charge in [-0.15, -0.1) is 0 Å². The summed E-state index contributed by atoms with van der Waals surface area (Å²) < 4.78 is 11.0. The molecule has 1 N–H and O–H groups in total. The normalized spacial score (nSPS) is 18.7. The molecule has 6 nitrogen and oxygen atoms in total. The van der Waals surface area contributed by atoms with Crippen LogP contribution in [0.25, 0.3) is 5.76 Å². The number of nitrogens with zero attached hydrogens (tertiary/aromatic N) is 1. The number of carbonyl (C=O) groups excluding carboxylic acids is 2. The van der Waals surface area contributed by atoms with Crippen molar-refractivity contribution in [3.63, 3.8) is 0 Å². The van der Waals surface area contributed by atoms with E-state index in [-0.39, 0.29) is 11.3 Å². The Balaban J connectivity index is 2.22. The summed E-state index contributed by atoms with van der Waals surface area (Å²) in [5.41, 5.74) is 2.16. The van der Waals surface area contributed by atoms with E-state index in [1.165, 1.54) is 18.3 Å². The largest absolute Gasteiger partial charge is 0.507 e. The molecule has 1 atom stereocenters. The molecule has 1 aliphatic heterocycles. The number of carbonyl (C=O) groups is 2. The molecule has 1 aliphatic rings. The minimum atomic E-state index is -0.757. The quantitative estimate of drug-likeness (QED) is 0.461. The van der Waals surface area contributed by atoms with E-state index in [0.29, 0.717) is 23.6 Å². The molecule has 2 heterocycles. The molecule has 1 fully saturated rings. The number of amides is 1. The van der Waals surface area contributed by atoms with E-state index < -0.39 is 17.7 Å². The van der Waals surface area contributed by atoms with Crippen molar-refractivity contribution in [3.8, 4) is 5.75 Å². The molecule has 1 unspecified atom stereocenters. The second-order valence-electron chi connectivity index (χ2n) is 7.02. The molecule has 1 amide bonds. The number of hydrogen-bond donors (Lipinski definition) is 1. The number of aliphatic hydroxyl groups is 1. The molecule has 0 bridgehead atoms. The number of likely N-dealkylation sites (tertiary alicyclic amines) is 1. The molecule has 1 saturated heterocycles. The van der Waals surface area contributed by atoms with Crippen molar-refractivity contribution in [1.29, 1.82) is 0 Å². The number of unbranched alkanes of at least 4 members (excludes halogenated alkanes) is 1. The maximum atomic E-state index is 12.9. The van der Waals surface area contributed by atoms with Gasteiger partial charge in [0.1, 0.15) is 23.3 Å². The lowest BCUT2D eigenvalue weighted by molar-refractivity contribution is -0.140. The monoisotopic (exact) mass is 383 g/mol. The fraction of sp³-hybridized carbons (Fsp3) is 0.364. The van der Waals surface area contributed by atoms with Crippen molar-refractivity contribution in [2.24, 2.45) is 0 Å². The number of ether oxygens (including phenoxy) is 1. The van der Waals surface area contributed by atoms with Gasteiger partial charge in [-0.1, -0.05) is 19.4 Å². The number of furan rings is 1. The predicted molar refractivity (Wildman–Crippen MR) is 105 cm³/mol. The third-order valence-electron chi connectivity index (χ3n) is 4.98. The molecule has 0 saturated carbocycles. The van der Waals surface area contributed by atoms with Crippen molar-refractivity contribution < 1.29 is 23.8 Å². The summed E-state index contributed by atoms with van der Waals surface area (Å²) in [6, 6.07) is 6.33. The van der Waals surface area contributed by atoms with Crippen LogP contribution in [0.4, 0.5) is 0 Å². The van der Waals surface area contributed by atoms with E-state index in [1.54, 1.807) is 18.2 Å². The Morgan fingerprint density at radius 1 is 1.29 bits per heavy atom. The van der Waals surface area contributed by atoms with E-state index >= 15 is 0 Å². The Morgan fingerprint density at radius 2 is 2.04 bits per heavy atom. The lowest BCUT2D eigenvalue weighted by Crippen LogP contribution is -2.30. The second-order valence-corrected chi connectivity index (χ2v) is 7.02. The van der Waals surface area contributed by atoms with Crippen molar-refractivity contribution >= 4 is 17.4 Å². The smallest absolute Gasteiger partial charge is 0.295 e. The summed E-state index contributed by atoms with van der Waals surface area (Å²) in [7, 11) is 1.51. The molecule has 6 heteroatoms. The second kappa shape index (κ2) is 7.92. The topological polar surface area (TPSA) is 80.0 Å². The van der Waals surface area contributed by atoms with Gasteiger partial charge in [0, 0.05) is 6.54 Å². The fourth-order valence-corrected chi connectivity index (χ4v) is 3.73. The third-order valence-corrected chi connectivity index (χ3v) is 4.98. The maximum Gasteiger partial charge on any atom is 0.295 e. The van der Waals surface area contributed by atoms with Crippen LogP contribution in [0.1, 0.15) is 48.3 Å². The van der Waals surface area contributed by atoms with Gasteiger partial charge >= 0.3 is 0 Å². The highest BCUT2D eigenvalue weighted by Crippen LogP contribution is 2.41. The van der Waals surface area contributed by atoms with Crippen LogP contribution in [0, 0.1) is 13.8 Å². The van der Waals surface area contributed by atoms with Crippen LogP contribution in [0.5, 0.6) is 5.75 Å². The fourth-order valence-electron chi connectivity index (χ4n) is 3.73. The molecule has 0 spiro atoms. The van der Waals surface area contributed by atoms with Crippen LogP contribution in [-0.4, -0.2) is 35.4 Å². The van der Waals surface area contributed by atoms with E-state index in [0.717, 1.165) is 24.0 Å². The first-order chi connectivity index (χ1) is 13.4. The molecule has 2 aromatic rings. The van der Waals surface area contributed by atoms with Crippen molar-refractivity contribution in [2.45, 2.75) is 39.7 Å². The van der Waals surface area contributed by atoms with E-state index in [9.17, 15) is 14.7 Å². The first kappa shape index (κ1) is 19.7. The molecule has 3 rings (SSSR count). The van der Waals surface area contributed by atoms with Gasteiger partial charge in [0.25, 0.3) is 11.7 Å². The maximum absolute atomic E-state index is 12.9. The number of methoxy groups -OCH3 is 1. The Hall–Kier alpha value is -3.02. The number of rotatable bonds is 6. The standard InChI is InChI=1S/C22H25NO5/c1-5-6-9-23-18(16-8-7-10-28-16)17(20(25)22(23)26)19(24)15-12-13(2)11-14(3)21(15)27-4/h7-8,10-12,18,24H,5-6,9H2,1-4H3/b19-17-. The lowest BCUT2D eigenvalue weighted by Gasteiger charge is -2.23. The van der Waals surface area contributed by atoms with Gasteiger partial charge in [-0.05, 0) is 49.6 Å². The average Bonchev–Trinajstić information content (AvgIpc) is 3.27. The number of aliphatic hydroxyl groups excluding tert-OH is 1. The molecule has 148 valence electrons. The van der Waals surface area contributed by atoms with Crippen molar-refractivity contribution in [1.82, 2.24) is 4.90 Å². The average molecular weight is 383 g/mol. The Kier molecular flexibility index (Phi) is 5.58. The summed E-state index contributed by atoms with van der Waals surface area (Å²) in [4.78, 5) is 27.1. The van der Waals surface area contributed by atoms with E-state index in [2.05, 4.69) is 0 Å².